The van der Waals surface area contributed by atoms with Gasteiger partial charge in [0.1, 0.15) is 5.75 Å². The Balaban J connectivity index is 1.76. The van der Waals surface area contributed by atoms with Crippen molar-refractivity contribution in [3.63, 3.8) is 0 Å². The fraction of sp³-hybridized carbons (Fsp3) is 0.294. The van der Waals surface area contributed by atoms with Crippen LogP contribution in [-0.4, -0.2) is 24.1 Å². The van der Waals surface area contributed by atoms with E-state index in [1.807, 2.05) is 24.3 Å². The SMILES string of the molecule is CCOC(=O)CCNCc1ccc(Oc2ccc(Cl)cn2)cc1. The van der Waals surface area contributed by atoms with Crippen molar-refractivity contribution in [2.75, 3.05) is 13.2 Å². The number of pyridine rings is 1. The lowest BCUT2D eigenvalue weighted by Crippen LogP contribution is -2.18. The van der Waals surface area contributed by atoms with Gasteiger partial charge in [-0.2, -0.15) is 0 Å². The van der Waals surface area contributed by atoms with Gasteiger partial charge in [-0.3, -0.25) is 4.79 Å². The van der Waals surface area contributed by atoms with Crippen LogP contribution in [0.15, 0.2) is 42.6 Å². The zero-order chi connectivity index (χ0) is 16.5. The van der Waals surface area contributed by atoms with Gasteiger partial charge in [-0.15, -0.1) is 0 Å². The second kappa shape index (κ2) is 9.12. The minimum absolute atomic E-state index is 0.181. The fourth-order valence-electron chi connectivity index (χ4n) is 1.88. The fourth-order valence-corrected chi connectivity index (χ4v) is 1.99. The third-order valence-electron chi connectivity index (χ3n) is 2.99. The van der Waals surface area contributed by atoms with Crippen LogP contribution in [0.2, 0.25) is 5.02 Å². The van der Waals surface area contributed by atoms with Crippen molar-refractivity contribution < 1.29 is 14.3 Å². The van der Waals surface area contributed by atoms with Gasteiger partial charge < -0.3 is 14.8 Å². The zero-order valence-electron chi connectivity index (χ0n) is 12.9. The lowest BCUT2D eigenvalue weighted by atomic mass is 10.2. The number of hydrogen-bond acceptors (Lipinski definition) is 5. The van der Waals surface area contributed by atoms with Crippen molar-refractivity contribution in [2.24, 2.45) is 0 Å². The van der Waals surface area contributed by atoms with Crippen LogP contribution in [0, 0.1) is 0 Å². The molecule has 1 aromatic heterocycles. The summed E-state index contributed by atoms with van der Waals surface area (Å²) >= 11 is 5.78. The van der Waals surface area contributed by atoms with Crippen LogP contribution in [-0.2, 0) is 16.1 Å². The largest absolute Gasteiger partial charge is 0.466 e. The monoisotopic (exact) mass is 334 g/mol. The van der Waals surface area contributed by atoms with E-state index >= 15 is 0 Å². The molecule has 0 saturated carbocycles. The number of rotatable bonds is 8. The van der Waals surface area contributed by atoms with Crippen molar-refractivity contribution in [3.05, 3.63) is 53.2 Å². The standard InChI is InChI=1S/C17H19ClN2O3/c1-2-22-17(21)9-10-19-11-13-3-6-15(7-4-13)23-16-8-5-14(18)12-20-16/h3-8,12,19H,2,9-11H2,1H3. The summed E-state index contributed by atoms with van der Waals surface area (Å²) in [5.41, 5.74) is 1.10. The highest BCUT2D eigenvalue weighted by atomic mass is 35.5. The van der Waals surface area contributed by atoms with Crippen LogP contribution < -0.4 is 10.1 Å². The number of carbonyl (C=O) groups is 1. The first-order valence-electron chi connectivity index (χ1n) is 7.42. The second-order valence-corrected chi connectivity index (χ2v) is 5.23. The molecular formula is C17H19ClN2O3. The summed E-state index contributed by atoms with van der Waals surface area (Å²) in [5.74, 6) is 1.02. The van der Waals surface area contributed by atoms with E-state index in [-0.39, 0.29) is 5.97 Å². The predicted molar refractivity (Wildman–Crippen MR) is 88.7 cm³/mol. The van der Waals surface area contributed by atoms with Gasteiger partial charge in [0.25, 0.3) is 0 Å². The van der Waals surface area contributed by atoms with Gasteiger partial charge in [0.05, 0.1) is 18.1 Å². The van der Waals surface area contributed by atoms with Crippen LogP contribution in [0.1, 0.15) is 18.9 Å². The smallest absolute Gasteiger partial charge is 0.307 e. The summed E-state index contributed by atoms with van der Waals surface area (Å²) in [5, 5.41) is 3.77. The predicted octanol–water partition coefficient (Wildman–Crippen LogP) is 3.57. The first-order chi connectivity index (χ1) is 11.2. The number of aromatic nitrogens is 1. The number of benzene rings is 1. The van der Waals surface area contributed by atoms with Gasteiger partial charge in [-0.1, -0.05) is 23.7 Å². The Morgan fingerprint density at radius 3 is 2.65 bits per heavy atom. The maximum atomic E-state index is 11.2. The summed E-state index contributed by atoms with van der Waals surface area (Å²) in [6.45, 7) is 3.49. The van der Waals surface area contributed by atoms with E-state index in [0.717, 1.165) is 5.56 Å². The van der Waals surface area contributed by atoms with E-state index in [0.29, 0.717) is 42.8 Å². The summed E-state index contributed by atoms with van der Waals surface area (Å²) in [7, 11) is 0. The third kappa shape index (κ3) is 6.26. The van der Waals surface area contributed by atoms with Gasteiger partial charge in [0, 0.05) is 25.4 Å². The Morgan fingerprint density at radius 2 is 2.00 bits per heavy atom. The summed E-state index contributed by atoms with van der Waals surface area (Å²) in [4.78, 5) is 15.3. The molecule has 5 nitrogen and oxygen atoms in total. The van der Waals surface area contributed by atoms with Crippen molar-refractivity contribution in [1.82, 2.24) is 10.3 Å². The van der Waals surface area contributed by atoms with Crippen molar-refractivity contribution in [1.29, 1.82) is 0 Å². The van der Waals surface area contributed by atoms with Crippen LogP contribution >= 0.6 is 11.6 Å². The molecule has 0 amide bonds. The Morgan fingerprint density at radius 1 is 1.22 bits per heavy atom. The first kappa shape index (κ1) is 17.2. The molecule has 0 spiro atoms. The molecule has 0 aliphatic rings. The number of carbonyl (C=O) groups excluding carboxylic acids is 1. The summed E-state index contributed by atoms with van der Waals surface area (Å²) in [6, 6.07) is 11.1. The van der Waals surface area contributed by atoms with E-state index in [2.05, 4.69) is 10.3 Å². The molecule has 1 heterocycles. The Labute approximate surface area is 140 Å². The number of halogens is 1. The van der Waals surface area contributed by atoms with Crippen LogP contribution in [0.5, 0.6) is 11.6 Å². The zero-order valence-corrected chi connectivity index (χ0v) is 13.7. The number of nitrogens with zero attached hydrogens (tertiary/aromatic N) is 1. The molecule has 0 bridgehead atoms. The first-order valence-corrected chi connectivity index (χ1v) is 7.80. The molecule has 0 aliphatic heterocycles. The molecule has 0 aliphatic carbocycles. The van der Waals surface area contributed by atoms with E-state index in [1.54, 1.807) is 25.3 Å². The molecule has 6 heteroatoms. The molecule has 0 radical (unpaired) electrons. The van der Waals surface area contributed by atoms with E-state index in [9.17, 15) is 4.79 Å². The highest BCUT2D eigenvalue weighted by molar-refractivity contribution is 6.30. The van der Waals surface area contributed by atoms with Crippen molar-refractivity contribution in [2.45, 2.75) is 19.9 Å². The molecule has 1 N–H and O–H groups in total. The summed E-state index contributed by atoms with van der Waals surface area (Å²) in [6.07, 6.45) is 1.91. The highest BCUT2D eigenvalue weighted by Crippen LogP contribution is 2.20. The van der Waals surface area contributed by atoms with Gasteiger partial charge in [-0.25, -0.2) is 4.98 Å². The Hall–Kier alpha value is -2.11. The number of esters is 1. The van der Waals surface area contributed by atoms with Crippen molar-refractivity contribution >= 4 is 17.6 Å². The van der Waals surface area contributed by atoms with Gasteiger partial charge >= 0.3 is 5.97 Å². The van der Waals surface area contributed by atoms with Crippen LogP contribution in [0.3, 0.4) is 0 Å². The lowest BCUT2D eigenvalue weighted by molar-refractivity contribution is -0.142. The van der Waals surface area contributed by atoms with Crippen LogP contribution in [0.4, 0.5) is 0 Å². The maximum Gasteiger partial charge on any atom is 0.307 e. The van der Waals surface area contributed by atoms with Gasteiger partial charge in [-0.05, 0) is 30.7 Å². The molecule has 0 atom stereocenters. The molecule has 1 aromatic carbocycles. The molecule has 122 valence electrons. The highest BCUT2D eigenvalue weighted by Gasteiger charge is 2.02. The molecule has 2 rings (SSSR count). The number of hydrogen-bond donors (Lipinski definition) is 1. The van der Waals surface area contributed by atoms with E-state index in [1.165, 1.54) is 0 Å². The summed E-state index contributed by atoms with van der Waals surface area (Å²) < 4.78 is 10.5. The normalized spacial score (nSPS) is 10.3. The Bertz CT molecular complexity index is 615. The second-order valence-electron chi connectivity index (χ2n) is 4.79. The molecular weight excluding hydrogens is 316 g/mol. The number of nitrogens with one attached hydrogen (secondary N) is 1. The topological polar surface area (TPSA) is 60.5 Å². The van der Waals surface area contributed by atoms with Crippen LogP contribution in [0.25, 0.3) is 0 Å². The molecule has 0 saturated heterocycles. The lowest BCUT2D eigenvalue weighted by Gasteiger charge is -2.07. The van der Waals surface area contributed by atoms with Gasteiger partial charge in [0.2, 0.25) is 5.88 Å². The maximum absolute atomic E-state index is 11.2. The minimum atomic E-state index is -0.181. The van der Waals surface area contributed by atoms with E-state index < -0.39 is 0 Å². The third-order valence-corrected chi connectivity index (χ3v) is 3.21. The average molecular weight is 335 g/mol. The molecule has 2 aromatic rings. The number of ether oxygens (including phenoxy) is 2. The molecule has 0 fully saturated rings. The van der Waals surface area contributed by atoms with E-state index in [4.69, 9.17) is 21.1 Å². The van der Waals surface area contributed by atoms with Crippen molar-refractivity contribution in [3.8, 4) is 11.6 Å². The average Bonchev–Trinajstić information content (AvgIpc) is 2.55. The Kier molecular flexibility index (Phi) is 6.84. The minimum Gasteiger partial charge on any atom is -0.466 e. The molecule has 23 heavy (non-hydrogen) atoms. The molecule has 0 unspecified atom stereocenters. The quantitative estimate of drug-likeness (QED) is 0.590. The van der Waals surface area contributed by atoms with Gasteiger partial charge in [0.15, 0.2) is 0 Å².